The summed E-state index contributed by atoms with van der Waals surface area (Å²) < 4.78 is 35.2. The van der Waals surface area contributed by atoms with Crippen LogP contribution in [0.5, 0.6) is 0 Å². The summed E-state index contributed by atoms with van der Waals surface area (Å²) in [5, 5.41) is 0. The standard InChI is InChI=1S/C19H21NO5S/c1-15-7-9-18(10-8-15)26(22,23)25-17-11-12-20(13-17)19(21)24-14-16-5-3-2-4-6-16/h2-10,17H,11-14H2,1H3/t17-/m0/s1. The van der Waals surface area contributed by atoms with Gasteiger partial charge in [0.2, 0.25) is 0 Å². The Morgan fingerprint density at radius 1 is 1.12 bits per heavy atom. The van der Waals surface area contributed by atoms with E-state index < -0.39 is 22.3 Å². The molecule has 0 saturated carbocycles. The van der Waals surface area contributed by atoms with Crippen LogP contribution < -0.4 is 0 Å². The predicted octanol–water partition coefficient (Wildman–Crippen LogP) is 3.11. The molecule has 0 bridgehead atoms. The average molecular weight is 375 g/mol. The molecule has 1 aliphatic rings. The fourth-order valence-electron chi connectivity index (χ4n) is 2.72. The maximum atomic E-state index is 12.3. The molecule has 6 nitrogen and oxygen atoms in total. The monoisotopic (exact) mass is 375 g/mol. The van der Waals surface area contributed by atoms with Crippen LogP contribution in [0.1, 0.15) is 17.5 Å². The summed E-state index contributed by atoms with van der Waals surface area (Å²) in [5.41, 5.74) is 1.87. The molecular weight excluding hydrogens is 354 g/mol. The molecule has 0 aromatic heterocycles. The van der Waals surface area contributed by atoms with Gasteiger partial charge in [0.05, 0.1) is 17.5 Å². The van der Waals surface area contributed by atoms with Crippen molar-refractivity contribution in [3.05, 3.63) is 65.7 Å². The number of rotatable bonds is 5. The van der Waals surface area contributed by atoms with E-state index >= 15 is 0 Å². The number of ether oxygens (including phenoxy) is 1. The minimum absolute atomic E-state index is 0.119. The van der Waals surface area contributed by atoms with Gasteiger partial charge in [0.15, 0.2) is 0 Å². The highest BCUT2D eigenvalue weighted by molar-refractivity contribution is 7.86. The highest BCUT2D eigenvalue weighted by Gasteiger charge is 2.32. The van der Waals surface area contributed by atoms with Gasteiger partial charge < -0.3 is 9.64 Å². The first-order valence-electron chi connectivity index (χ1n) is 8.39. The van der Waals surface area contributed by atoms with Gasteiger partial charge in [-0.1, -0.05) is 48.0 Å². The Morgan fingerprint density at radius 2 is 1.81 bits per heavy atom. The molecule has 1 heterocycles. The van der Waals surface area contributed by atoms with E-state index in [9.17, 15) is 13.2 Å². The Labute approximate surface area is 153 Å². The summed E-state index contributed by atoms with van der Waals surface area (Å²) in [4.78, 5) is 13.7. The molecule has 26 heavy (non-hydrogen) atoms. The van der Waals surface area contributed by atoms with Gasteiger partial charge in [0.1, 0.15) is 6.61 Å². The molecule has 0 radical (unpaired) electrons. The molecular formula is C19H21NO5S. The zero-order valence-corrected chi connectivity index (χ0v) is 15.3. The van der Waals surface area contributed by atoms with Crippen LogP contribution in [0.2, 0.25) is 0 Å². The Balaban J connectivity index is 1.53. The zero-order chi connectivity index (χ0) is 18.6. The second kappa shape index (κ2) is 7.88. The normalized spacial score (nSPS) is 17.3. The highest BCUT2D eigenvalue weighted by Crippen LogP contribution is 2.21. The molecule has 2 aromatic carbocycles. The molecule has 0 unspecified atom stereocenters. The van der Waals surface area contributed by atoms with E-state index in [0.717, 1.165) is 11.1 Å². The van der Waals surface area contributed by atoms with Crippen molar-refractivity contribution in [3.63, 3.8) is 0 Å². The lowest BCUT2D eigenvalue weighted by molar-refractivity contribution is 0.0994. The quantitative estimate of drug-likeness (QED) is 0.751. The Bertz CT molecular complexity index is 849. The lowest BCUT2D eigenvalue weighted by atomic mass is 10.2. The van der Waals surface area contributed by atoms with Crippen molar-refractivity contribution in [2.24, 2.45) is 0 Å². The van der Waals surface area contributed by atoms with Crippen molar-refractivity contribution in [3.8, 4) is 0 Å². The minimum Gasteiger partial charge on any atom is -0.445 e. The molecule has 2 aromatic rings. The number of nitrogens with zero attached hydrogens (tertiary/aromatic N) is 1. The Kier molecular flexibility index (Phi) is 5.58. The first kappa shape index (κ1) is 18.4. The van der Waals surface area contributed by atoms with Crippen molar-refractivity contribution in [2.45, 2.75) is 31.0 Å². The second-order valence-electron chi connectivity index (χ2n) is 6.26. The third-order valence-corrected chi connectivity index (χ3v) is 5.56. The molecule has 3 rings (SSSR count). The third kappa shape index (κ3) is 4.62. The molecule has 0 N–H and O–H groups in total. The van der Waals surface area contributed by atoms with Gasteiger partial charge in [-0.15, -0.1) is 0 Å². The maximum Gasteiger partial charge on any atom is 0.410 e. The lowest BCUT2D eigenvalue weighted by Gasteiger charge is -2.16. The largest absolute Gasteiger partial charge is 0.445 e. The molecule has 7 heteroatoms. The van der Waals surface area contributed by atoms with Gasteiger partial charge in [0.25, 0.3) is 10.1 Å². The predicted molar refractivity (Wildman–Crippen MR) is 96.1 cm³/mol. The summed E-state index contributed by atoms with van der Waals surface area (Å²) in [6.45, 7) is 2.66. The van der Waals surface area contributed by atoms with Crippen LogP contribution in [0.15, 0.2) is 59.5 Å². The number of aryl methyl sites for hydroxylation is 1. The fraction of sp³-hybridized carbons (Fsp3) is 0.316. The number of likely N-dealkylation sites (tertiary alicyclic amines) is 1. The van der Waals surface area contributed by atoms with Gasteiger partial charge in [-0.2, -0.15) is 8.42 Å². The van der Waals surface area contributed by atoms with Crippen molar-refractivity contribution < 1.29 is 22.1 Å². The molecule has 1 aliphatic heterocycles. The molecule has 1 amide bonds. The zero-order valence-electron chi connectivity index (χ0n) is 14.5. The number of carbonyl (C=O) groups is 1. The summed E-state index contributed by atoms with van der Waals surface area (Å²) in [5.74, 6) is 0. The van der Waals surface area contributed by atoms with Crippen molar-refractivity contribution in [1.29, 1.82) is 0 Å². The SMILES string of the molecule is Cc1ccc(S(=O)(=O)O[C@H]2CCN(C(=O)OCc3ccccc3)C2)cc1. The van der Waals surface area contributed by atoms with Crippen LogP contribution in [0.25, 0.3) is 0 Å². The fourth-order valence-corrected chi connectivity index (χ4v) is 3.82. The first-order valence-corrected chi connectivity index (χ1v) is 9.80. The van der Waals surface area contributed by atoms with Crippen LogP contribution in [0, 0.1) is 6.92 Å². The van der Waals surface area contributed by atoms with Gasteiger partial charge in [-0.3, -0.25) is 4.18 Å². The third-order valence-electron chi connectivity index (χ3n) is 4.18. The number of hydrogen-bond acceptors (Lipinski definition) is 5. The minimum atomic E-state index is -3.84. The van der Waals surface area contributed by atoms with E-state index in [2.05, 4.69) is 0 Å². The number of hydrogen-bond donors (Lipinski definition) is 0. The molecule has 0 spiro atoms. The summed E-state index contributed by atoms with van der Waals surface area (Å²) >= 11 is 0. The number of carbonyl (C=O) groups excluding carboxylic acids is 1. The summed E-state index contributed by atoms with van der Waals surface area (Å²) in [6.07, 6.45) is -0.579. The van der Waals surface area contributed by atoms with Crippen molar-refractivity contribution in [1.82, 2.24) is 4.90 Å². The Hall–Kier alpha value is -2.38. The Morgan fingerprint density at radius 3 is 2.50 bits per heavy atom. The maximum absolute atomic E-state index is 12.3. The van der Waals surface area contributed by atoms with E-state index in [-0.39, 0.29) is 18.0 Å². The van der Waals surface area contributed by atoms with E-state index in [4.69, 9.17) is 8.92 Å². The van der Waals surface area contributed by atoms with Crippen LogP contribution in [0.4, 0.5) is 4.79 Å². The highest BCUT2D eigenvalue weighted by atomic mass is 32.2. The van der Waals surface area contributed by atoms with E-state index in [1.807, 2.05) is 37.3 Å². The number of amides is 1. The second-order valence-corrected chi connectivity index (χ2v) is 7.83. The van der Waals surface area contributed by atoms with Crippen LogP contribution in [-0.4, -0.2) is 38.6 Å². The van der Waals surface area contributed by atoms with Gasteiger partial charge >= 0.3 is 6.09 Å². The van der Waals surface area contributed by atoms with E-state index in [1.165, 1.54) is 17.0 Å². The first-order chi connectivity index (χ1) is 12.4. The van der Waals surface area contributed by atoms with E-state index in [0.29, 0.717) is 13.0 Å². The van der Waals surface area contributed by atoms with Crippen LogP contribution in [0.3, 0.4) is 0 Å². The molecule has 138 valence electrons. The van der Waals surface area contributed by atoms with Gasteiger partial charge in [-0.25, -0.2) is 4.79 Å². The van der Waals surface area contributed by atoms with Gasteiger partial charge in [-0.05, 0) is 31.0 Å². The molecule has 1 fully saturated rings. The lowest BCUT2D eigenvalue weighted by Crippen LogP contribution is -2.31. The van der Waals surface area contributed by atoms with Gasteiger partial charge in [0, 0.05) is 6.54 Å². The van der Waals surface area contributed by atoms with Crippen molar-refractivity contribution >= 4 is 16.2 Å². The van der Waals surface area contributed by atoms with Crippen LogP contribution in [-0.2, 0) is 25.6 Å². The molecule has 1 saturated heterocycles. The van der Waals surface area contributed by atoms with Crippen LogP contribution >= 0.6 is 0 Å². The van der Waals surface area contributed by atoms with E-state index in [1.54, 1.807) is 12.1 Å². The van der Waals surface area contributed by atoms with Crippen molar-refractivity contribution in [2.75, 3.05) is 13.1 Å². The average Bonchev–Trinajstić information content (AvgIpc) is 3.09. The number of benzene rings is 2. The summed E-state index contributed by atoms with van der Waals surface area (Å²) in [7, 11) is -3.84. The summed E-state index contributed by atoms with van der Waals surface area (Å²) in [6, 6.07) is 15.9. The topological polar surface area (TPSA) is 72.9 Å². The smallest absolute Gasteiger partial charge is 0.410 e. The molecule has 0 aliphatic carbocycles. The molecule has 1 atom stereocenters.